The maximum Gasteiger partial charge on any atom is 0.226 e. The molecule has 0 saturated carbocycles. The van der Waals surface area contributed by atoms with Crippen LogP contribution in [0.15, 0.2) is 30.6 Å². The van der Waals surface area contributed by atoms with Crippen LogP contribution >= 0.6 is 0 Å². The Labute approximate surface area is 118 Å². The fourth-order valence-electron chi connectivity index (χ4n) is 1.65. The average Bonchev–Trinajstić information content (AvgIpc) is 2.45. The molecular weight excluding hydrogens is 256 g/mol. The summed E-state index contributed by atoms with van der Waals surface area (Å²) >= 11 is 0. The molecule has 0 saturated heterocycles. The lowest BCUT2D eigenvalue weighted by Gasteiger charge is -2.11. The molecule has 6 nitrogen and oxygen atoms in total. The van der Waals surface area contributed by atoms with Gasteiger partial charge < -0.3 is 14.8 Å². The summed E-state index contributed by atoms with van der Waals surface area (Å²) in [4.78, 5) is 12.6. The lowest BCUT2D eigenvalue weighted by Crippen LogP contribution is -2.09. The van der Waals surface area contributed by atoms with Gasteiger partial charge in [-0.3, -0.25) is 0 Å². The molecule has 6 heteroatoms. The van der Waals surface area contributed by atoms with Crippen molar-refractivity contribution in [3.05, 3.63) is 36.2 Å². The molecule has 0 fully saturated rings. The third-order valence-corrected chi connectivity index (χ3v) is 2.47. The van der Waals surface area contributed by atoms with Crippen LogP contribution in [0.1, 0.15) is 19.4 Å². The number of nitrogens with one attached hydrogen (secondary N) is 1. The highest BCUT2D eigenvalue weighted by Crippen LogP contribution is 2.16. The second-order valence-corrected chi connectivity index (χ2v) is 4.41. The molecule has 0 bridgehead atoms. The first-order valence-electron chi connectivity index (χ1n) is 6.40. The molecule has 0 atom stereocenters. The van der Waals surface area contributed by atoms with Gasteiger partial charge >= 0.3 is 0 Å². The number of nitrogens with zero attached hydrogens (tertiary/aromatic N) is 3. The molecule has 2 rings (SSSR count). The van der Waals surface area contributed by atoms with E-state index in [9.17, 15) is 0 Å². The van der Waals surface area contributed by atoms with E-state index in [1.807, 2.05) is 26.0 Å². The average molecular weight is 274 g/mol. The van der Waals surface area contributed by atoms with Crippen LogP contribution in [0.3, 0.4) is 0 Å². The molecule has 0 radical (unpaired) electrons. The molecular formula is C14H18N4O2. The Morgan fingerprint density at radius 1 is 1.20 bits per heavy atom. The van der Waals surface area contributed by atoms with E-state index >= 15 is 0 Å². The summed E-state index contributed by atoms with van der Waals surface area (Å²) in [7, 11) is 1.60. The third-order valence-electron chi connectivity index (χ3n) is 2.47. The lowest BCUT2D eigenvalue weighted by atomic mass is 10.3. The monoisotopic (exact) mass is 274 g/mol. The Morgan fingerprint density at radius 2 is 2.05 bits per heavy atom. The maximum absolute atomic E-state index is 5.52. The Bertz CT molecular complexity index is 560. The summed E-state index contributed by atoms with van der Waals surface area (Å²) in [6, 6.07) is 5.53. The molecule has 0 aromatic carbocycles. The SMILES string of the molecule is COc1ncccc1CNc1nccc(OC(C)C)n1. The van der Waals surface area contributed by atoms with Crippen LogP contribution in [0.5, 0.6) is 11.8 Å². The summed E-state index contributed by atoms with van der Waals surface area (Å²) in [6.07, 6.45) is 3.43. The summed E-state index contributed by atoms with van der Waals surface area (Å²) in [6.45, 7) is 4.44. The minimum atomic E-state index is 0.0798. The van der Waals surface area contributed by atoms with E-state index in [1.165, 1.54) is 0 Å². The number of rotatable bonds is 6. The van der Waals surface area contributed by atoms with Gasteiger partial charge in [-0.15, -0.1) is 0 Å². The van der Waals surface area contributed by atoms with Crippen LogP contribution in [0, 0.1) is 0 Å². The van der Waals surface area contributed by atoms with E-state index in [4.69, 9.17) is 9.47 Å². The van der Waals surface area contributed by atoms with Crippen molar-refractivity contribution in [2.75, 3.05) is 12.4 Å². The Hall–Kier alpha value is -2.37. The molecule has 106 valence electrons. The Balaban J connectivity index is 2.03. The molecule has 2 aromatic heterocycles. The van der Waals surface area contributed by atoms with Crippen LogP contribution in [-0.4, -0.2) is 28.2 Å². The summed E-state index contributed by atoms with van der Waals surface area (Å²) in [5, 5.41) is 3.13. The van der Waals surface area contributed by atoms with Gasteiger partial charge in [0.2, 0.25) is 17.7 Å². The molecule has 0 aliphatic rings. The first-order valence-corrected chi connectivity index (χ1v) is 6.40. The number of anilines is 1. The third kappa shape index (κ3) is 3.81. The first-order chi connectivity index (χ1) is 9.69. The fraction of sp³-hybridized carbons (Fsp3) is 0.357. The molecule has 2 aromatic rings. The molecule has 0 aliphatic carbocycles. The quantitative estimate of drug-likeness (QED) is 0.871. The number of hydrogen-bond acceptors (Lipinski definition) is 6. The molecule has 0 amide bonds. The predicted octanol–water partition coefficient (Wildman–Crippen LogP) is 2.28. The summed E-state index contributed by atoms with van der Waals surface area (Å²) < 4.78 is 10.7. The zero-order valence-electron chi connectivity index (χ0n) is 11.8. The van der Waals surface area contributed by atoms with Gasteiger partial charge in [0.1, 0.15) is 0 Å². The minimum Gasteiger partial charge on any atom is -0.481 e. The van der Waals surface area contributed by atoms with Gasteiger partial charge in [0.15, 0.2) is 0 Å². The number of methoxy groups -OCH3 is 1. The van der Waals surface area contributed by atoms with Gasteiger partial charge in [-0.2, -0.15) is 4.98 Å². The van der Waals surface area contributed by atoms with E-state index < -0.39 is 0 Å². The highest BCUT2D eigenvalue weighted by Gasteiger charge is 2.05. The highest BCUT2D eigenvalue weighted by atomic mass is 16.5. The smallest absolute Gasteiger partial charge is 0.226 e. The molecule has 0 unspecified atom stereocenters. The normalized spacial score (nSPS) is 10.4. The van der Waals surface area contributed by atoms with Gasteiger partial charge in [0.05, 0.1) is 13.2 Å². The van der Waals surface area contributed by atoms with E-state index in [2.05, 4.69) is 20.3 Å². The topological polar surface area (TPSA) is 69.2 Å². The zero-order valence-corrected chi connectivity index (χ0v) is 11.8. The van der Waals surface area contributed by atoms with E-state index in [-0.39, 0.29) is 6.10 Å². The number of pyridine rings is 1. The van der Waals surface area contributed by atoms with Gasteiger partial charge in [-0.05, 0) is 19.9 Å². The van der Waals surface area contributed by atoms with Crippen molar-refractivity contribution in [3.63, 3.8) is 0 Å². The van der Waals surface area contributed by atoms with Crippen LogP contribution in [0.4, 0.5) is 5.95 Å². The van der Waals surface area contributed by atoms with Crippen molar-refractivity contribution in [1.82, 2.24) is 15.0 Å². The van der Waals surface area contributed by atoms with Gasteiger partial charge in [-0.25, -0.2) is 9.97 Å². The molecule has 0 aliphatic heterocycles. The number of ether oxygens (including phenoxy) is 2. The number of aromatic nitrogens is 3. The van der Waals surface area contributed by atoms with Crippen molar-refractivity contribution in [1.29, 1.82) is 0 Å². The Kier molecular flexibility index (Phi) is 4.70. The zero-order chi connectivity index (χ0) is 14.4. The number of hydrogen-bond donors (Lipinski definition) is 1. The van der Waals surface area contributed by atoms with Gasteiger partial charge in [0, 0.05) is 30.6 Å². The van der Waals surface area contributed by atoms with Crippen molar-refractivity contribution in [3.8, 4) is 11.8 Å². The van der Waals surface area contributed by atoms with E-state index in [0.717, 1.165) is 5.56 Å². The second kappa shape index (κ2) is 6.70. The first kappa shape index (κ1) is 14.0. The standard InChI is InChI=1S/C14H18N4O2/c1-10(2)20-12-6-8-16-14(18-12)17-9-11-5-4-7-15-13(11)19-3/h4-8,10H,9H2,1-3H3,(H,16,17,18). The van der Waals surface area contributed by atoms with Gasteiger partial charge in [0.25, 0.3) is 0 Å². The fourth-order valence-corrected chi connectivity index (χ4v) is 1.65. The minimum absolute atomic E-state index is 0.0798. The van der Waals surface area contributed by atoms with Crippen LogP contribution in [0.25, 0.3) is 0 Å². The van der Waals surface area contributed by atoms with E-state index in [1.54, 1.807) is 25.6 Å². The van der Waals surface area contributed by atoms with Crippen molar-refractivity contribution in [2.24, 2.45) is 0 Å². The lowest BCUT2D eigenvalue weighted by molar-refractivity contribution is 0.232. The summed E-state index contributed by atoms with van der Waals surface area (Å²) in [5.41, 5.74) is 0.939. The predicted molar refractivity (Wildman–Crippen MR) is 75.9 cm³/mol. The molecule has 1 N–H and O–H groups in total. The maximum atomic E-state index is 5.52. The van der Waals surface area contributed by atoms with Crippen LogP contribution < -0.4 is 14.8 Å². The van der Waals surface area contributed by atoms with Crippen molar-refractivity contribution >= 4 is 5.95 Å². The van der Waals surface area contributed by atoms with Crippen molar-refractivity contribution in [2.45, 2.75) is 26.5 Å². The van der Waals surface area contributed by atoms with Gasteiger partial charge in [-0.1, -0.05) is 6.07 Å². The van der Waals surface area contributed by atoms with Crippen LogP contribution in [0.2, 0.25) is 0 Å². The van der Waals surface area contributed by atoms with Crippen LogP contribution in [-0.2, 0) is 6.54 Å². The second-order valence-electron chi connectivity index (χ2n) is 4.41. The molecule has 2 heterocycles. The molecule has 20 heavy (non-hydrogen) atoms. The largest absolute Gasteiger partial charge is 0.481 e. The highest BCUT2D eigenvalue weighted by molar-refractivity contribution is 5.33. The van der Waals surface area contributed by atoms with Crippen molar-refractivity contribution < 1.29 is 9.47 Å². The summed E-state index contributed by atoms with van der Waals surface area (Å²) in [5.74, 6) is 1.65. The Morgan fingerprint density at radius 3 is 2.80 bits per heavy atom. The molecule has 0 spiro atoms. The van der Waals surface area contributed by atoms with E-state index in [0.29, 0.717) is 24.3 Å².